The molecule has 0 amide bonds. The summed E-state index contributed by atoms with van der Waals surface area (Å²) in [5.41, 5.74) is 24.4. The van der Waals surface area contributed by atoms with Crippen LogP contribution in [0.5, 0.6) is 0 Å². The van der Waals surface area contributed by atoms with Gasteiger partial charge in [0.25, 0.3) is 0 Å². The monoisotopic (exact) mass is 937 g/mol. The Morgan fingerprint density at radius 3 is 0.873 bits per heavy atom. The van der Waals surface area contributed by atoms with Crippen molar-refractivity contribution in [2.45, 2.75) is 116 Å². The van der Waals surface area contributed by atoms with Gasteiger partial charge in [-0.3, -0.25) is 0 Å². The van der Waals surface area contributed by atoms with Crippen molar-refractivity contribution in [3.8, 4) is 22.3 Å². The summed E-state index contributed by atoms with van der Waals surface area (Å²) >= 11 is 0. The Morgan fingerprint density at radius 2 is 0.521 bits per heavy atom. The maximum atomic E-state index is 2.23. The number of aryl methyl sites for hydroxylation is 12. The molecule has 71 heavy (non-hydrogen) atoms. The average molecular weight is 937 g/mol. The lowest BCUT2D eigenvalue weighted by Crippen LogP contribution is -2.10. The van der Waals surface area contributed by atoms with E-state index in [4.69, 9.17) is 0 Å². The lowest BCUT2D eigenvalue weighted by molar-refractivity contribution is 0.590. The van der Waals surface area contributed by atoms with Crippen LogP contribution in [-0.4, -0.2) is 0 Å². The van der Waals surface area contributed by atoms with Crippen molar-refractivity contribution in [3.63, 3.8) is 0 Å². The molecule has 0 heterocycles. The van der Waals surface area contributed by atoms with Gasteiger partial charge in [-0.15, -0.1) is 0 Å². The van der Waals surface area contributed by atoms with Crippen LogP contribution in [0.3, 0.4) is 0 Å². The van der Waals surface area contributed by atoms with E-state index < -0.39 is 0 Å². The second-order valence-corrected chi connectivity index (χ2v) is 20.0. The fraction of sp³-hybridized carbons (Fsp3) is 0.239. The first-order valence-electron chi connectivity index (χ1n) is 25.2. The van der Waals surface area contributed by atoms with Gasteiger partial charge in [0.2, 0.25) is 0 Å². The van der Waals surface area contributed by atoms with Crippen LogP contribution in [0.25, 0.3) is 22.3 Å². The summed E-state index contributed by atoms with van der Waals surface area (Å²) in [5, 5.41) is 0. The van der Waals surface area contributed by atoms with E-state index in [-0.39, 0.29) is 5.41 Å². The van der Waals surface area contributed by atoms with Gasteiger partial charge < -0.3 is 0 Å². The average Bonchev–Trinajstić information content (AvgIpc) is 3.34. The maximum Gasteiger partial charge on any atom is -0.0132 e. The van der Waals surface area contributed by atoms with Crippen molar-refractivity contribution < 1.29 is 0 Å². The molecular weight excluding hydrogens is 853 g/mol. The number of hydrogen-bond acceptors (Lipinski definition) is 0. The largest absolute Gasteiger partial charge is 0.0622 e. The smallest absolute Gasteiger partial charge is 0.0132 e. The third-order valence-corrected chi connectivity index (χ3v) is 12.1. The van der Waals surface area contributed by atoms with E-state index in [9.17, 15) is 0 Å². The van der Waals surface area contributed by atoms with E-state index in [1.807, 2.05) is 12.1 Å². The quantitative estimate of drug-likeness (QED) is 0.162. The summed E-state index contributed by atoms with van der Waals surface area (Å²) in [5.74, 6) is 0. The van der Waals surface area contributed by atoms with Gasteiger partial charge in [0.15, 0.2) is 0 Å². The summed E-state index contributed by atoms with van der Waals surface area (Å²) in [6, 6.07) is 76.5. The van der Waals surface area contributed by atoms with Crippen LogP contribution in [0.1, 0.15) is 98.7 Å². The van der Waals surface area contributed by atoms with Crippen LogP contribution < -0.4 is 0 Å². The minimum atomic E-state index is 0.285. The molecule has 0 aliphatic rings. The standard InChI is InChI=1S/2C13H12.C11H16.C10H14.3C8H10/c1-11-6-5-9-13(10-11)12-7-3-2-4-8-12;1-11-7-9-13(10-8-11)12-5-3-2-4-6-12;1-9-5-7-10(8-6-9)11(2,3)4;1-7-5-8(2)10(4)9(3)6-7;1-7-3-5-8(2)6-4-7;1-7-4-3-5-8(2)6-7;1-7-5-3-4-6-8(7)2/h2*2-10H,1H3;5-8H,1-4H3;5-6H,1-4H3;3*3-6H,1-2H3. The number of rotatable bonds is 2. The van der Waals surface area contributed by atoms with Crippen LogP contribution >= 0.6 is 0 Å². The molecule has 368 valence electrons. The van der Waals surface area contributed by atoms with E-state index in [1.165, 1.54) is 100 Å². The van der Waals surface area contributed by atoms with Gasteiger partial charge in [-0.2, -0.15) is 0 Å². The van der Waals surface area contributed by atoms with E-state index in [1.54, 1.807) is 0 Å². The second kappa shape index (κ2) is 30.6. The van der Waals surface area contributed by atoms with Crippen molar-refractivity contribution in [1.82, 2.24) is 0 Å². The molecule has 0 N–H and O–H groups in total. The summed E-state index contributed by atoms with van der Waals surface area (Å²) in [4.78, 5) is 0. The van der Waals surface area contributed by atoms with Crippen LogP contribution in [0.15, 0.2) is 218 Å². The third kappa shape index (κ3) is 23.4. The van der Waals surface area contributed by atoms with Gasteiger partial charge in [0, 0.05) is 0 Å². The second-order valence-electron chi connectivity index (χ2n) is 20.0. The zero-order valence-electron chi connectivity index (χ0n) is 46.3. The molecule has 0 heteroatoms. The topological polar surface area (TPSA) is 0 Å². The molecule has 0 saturated heterocycles. The van der Waals surface area contributed by atoms with E-state index >= 15 is 0 Å². The maximum absolute atomic E-state index is 2.23. The fourth-order valence-corrected chi connectivity index (χ4v) is 7.24. The molecule has 0 aliphatic heterocycles. The van der Waals surface area contributed by atoms with Gasteiger partial charge in [-0.1, -0.05) is 284 Å². The van der Waals surface area contributed by atoms with Gasteiger partial charge in [0.05, 0.1) is 0 Å². The normalized spacial score (nSPS) is 9.97. The first-order valence-corrected chi connectivity index (χ1v) is 25.2. The predicted octanol–water partition coefficient (Wildman–Crippen LogP) is 20.4. The van der Waals surface area contributed by atoms with Gasteiger partial charge in [-0.05, 0) is 151 Å². The number of benzene rings is 9. The zero-order valence-corrected chi connectivity index (χ0v) is 46.3. The molecule has 9 aromatic rings. The summed E-state index contributed by atoms with van der Waals surface area (Å²) in [6.07, 6.45) is 0. The van der Waals surface area contributed by atoms with E-state index in [0.29, 0.717) is 0 Å². The minimum absolute atomic E-state index is 0.285. The molecule has 0 atom stereocenters. The highest BCUT2D eigenvalue weighted by molar-refractivity contribution is 5.64. The highest BCUT2D eigenvalue weighted by Gasteiger charge is 2.12. The molecule has 0 saturated carbocycles. The Labute approximate surface area is 432 Å². The van der Waals surface area contributed by atoms with Crippen molar-refractivity contribution in [3.05, 3.63) is 296 Å². The lowest BCUT2D eigenvalue weighted by atomic mass is 9.87. The van der Waals surface area contributed by atoms with Crippen molar-refractivity contribution >= 4 is 0 Å². The predicted molar refractivity (Wildman–Crippen MR) is 316 cm³/mol. The van der Waals surface area contributed by atoms with Crippen LogP contribution in [0, 0.1) is 90.0 Å². The summed E-state index contributed by atoms with van der Waals surface area (Å²) < 4.78 is 0. The highest BCUT2D eigenvalue weighted by atomic mass is 14.2. The summed E-state index contributed by atoms with van der Waals surface area (Å²) in [7, 11) is 0. The first kappa shape index (κ1) is 58.3. The minimum Gasteiger partial charge on any atom is -0.0622 e. The lowest BCUT2D eigenvalue weighted by Gasteiger charge is -2.18. The highest BCUT2D eigenvalue weighted by Crippen LogP contribution is 2.23. The molecule has 0 radical (unpaired) electrons. The first-order chi connectivity index (χ1) is 33.7. The van der Waals surface area contributed by atoms with Crippen LogP contribution in [0.4, 0.5) is 0 Å². The van der Waals surface area contributed by atoms with Gasteiger partial charge in [-0.25, -0.2) is 0 Å². The Bertz CT molecular complexity index is 2770. The Kier molecular flexibility index (Phi) is 25.1. The Balaban J connectivity index is 0.000000221. The Hall–Kier alpha value is -7.02. The fourth-order valence-electron chi connectivity index (χ4n) is 7.24. The van der Waals surface area contributed by atoms with Crippen LogP contribution in [-0.2, 0) is 5.41 Å². The van der Waals surface area contributed by atoms with Crippen LogP contribution in [0.2, 0.25) is 0 Å². The van der Waals surface area contributed by atoms with Gasteiger partial charge in [0.1, 0.15) is 0 Å². The molecule has 0 fully saturated rings. The molecule has 0 spiro atoms. The molecule has 0 aromatic heterocycles. The SMILES string of the molecule is Cc1cc(C)c(C)c(C)c1.Cc1ccc(-c2ccccc2)cc1.Cc1ccc(C(C)(C)C)cc1.Cc1ccc(C)cc1.Cc1cccc(-c2ccccc2)c1.Cc1cccc(C)c1.Cc1ccccc1C. The molecule has 9 rings (SSSR count). The molecule has 0 aliphatic carbocycles. The van der Waals surface area contributed by atoms with Crippen molar-refractivity contribution in [1.29, 1.82) is 0 Å². The van der Waals surface area contributed by atoms with E-state index in [0.717, 1.165) is 0 Å². The van der Waals surface area contributed by atoms with Gasteiger partial charge >= 0.3 is 0 Å². The summed E-state index contributed by atoms with van der Waals surface area (Å²) in [6.45, 7) is 34.3. The zero-order chi connectivity index (χ0) is 52.3. The molecule has 0 unspecified atom stereocenters. The molecule has 0 bridgehead atoms. The van der Waals surface area contributed by atoms with Crippen molar-refractivity contribution in [2.24, 2.45) is 0 Å². The molecular formula is C71H84. The number of hydrogen-bond donors (Lipinski definition) is 0. The Morgan fingerprint density at radius 1 is 0.211 bits per heavy atom. The van der Waals surface area contributed by atoms with E-state index in [2.05, 4.69) is 317 Å². The molecule has 0 nitrogen and oxygen atoms in total. The molecule has 9 aromatic carbocycles. The van der Waals surface area contributed by atoms with Crippen molar-refractivity contribution in [2.75, 3.05) is 0 Å². The third-order valence-electron chi connectivity index (χ3n) is 12.1.